The van der Waals surface area contributed by atoms with Crippen molar-refractivity contribution in [1.29, 1.82) is 0 Å². The van der Waals surface area contributed by atoms with E-state index in [1.165, 1.54) is 6.07 Å². The van der Waals surface area contributed by atoms with Crippen LogP contribution < -0.4 is 10.6 Å². The summed E-state index contributed by atoms with van der Waals surface area (Å²) >= 11 is 0. The zero-order valence-corrected chi connectivity index (χ0v) is 10.5. The summed E-state index contributed by atoms with van der Waals surface area (Å²) in [6, 6.07) is 4.92. The summed E-state index contributed by atoms with van der Waals surface area (Å²) in [4.78, 5) is 11.5. The molecule has 0 atom stereocenters. The number of nitrogens with one attached hydrogen (secondary N) is 2. The number of benzene rings is 1. The van der Waals surface area contributed by atoms with Gasteiger partial charge in [-0.15, -0.1) is 0 Å². The van der Waals surface area contributed by atoms with E-state index in [2.05, 4.69) is 10.6 Å². The molecule has 4 heteroatoms. The molecule has 17 heavy (non-hydrogen) atoms. The zero-order chi connectivity index (χ0) is 12.8. The fourth-order valence-electron chi connectivity index (χ4n) is 1.42. The molecular formula is C13H19FN2O. The molecule has 0 aliphatic heterocycles. The number of hydrogen-bond donors (Lipinski definition) is 2. The van der Waals surface area contributed by atoms with E-state index in [-0.39, 0.29) is 11.7 Å². The average Bonchev–Trinajstić information content (AvgIpc) is 2.23. The molecule has 0 aliphatic carbocycles. The van der Waals surface area contributed by atoms with E-state index in [1.807, 2.05) is 13.8 Å². The Hall–Kier alpha value is -1.42. The van der Waals surface area contributed by atoms with E-state index in [0.29, 0.717) is 30.3 Å². The van der Waals surface area contributed by atoms with Gasteiger partial charge in [-0.25, -0.2) is 4.39 Å². The molecule has 0 fully saturated rings. The first-order chi connectivity index (χ1) is 7.99. The van der Waals surface area contributed by atoms with Crippen LogP contribution in [0.4, 0.5) is 10.1 Å². The average molecular weight is 238 g/mol. The van der Waals surface area contributed by atoms with Crippen molar-refractivity contribution in [2.75, 3.05) is 11.9 Å². The van der Waals surface area contributed by atoms with Crippen molar-refractivity contribution in [2.45, 2.75) is 33.2 Å². The molecule has 1 aromatic rings. The Balaban J connectivity index is 2.42. The number of hydrogen-bond acceptors (Lipinski definition) is 2. The lowest BCUT2D eigenvalue weighted by atomic mass is 10.2. The van der Waals surface area contributed by atoms with Crippen LogP contribution in [0.15, 0.2) is 18.2 Å². The van der Waals surface area contributed by atoms with Gasteiger partial charge in [-0.2, -0.15) is 0 Å². The Bertz CT molecular complexity index is 391. The molecule has 94 valence electrons. The predicted molar refractivity (Wildman–Crippen MR) is 67.5 cm³/mol. The molecule has 3 nitrogen and oxygen atoms in total. The Morgan fingerprint density at radius 2 is 2.12 bits per heavy atom. The lowest BCUT2D eigenvalue weighted by molar-refractivity contribution is -0.116. The molecule has 0 spiro atoms. The van der Waals surface area contributed by atoms with Gasteiger partial charge in [-0.1, -0.05) is 13.8 Å². The molecule has 0 aromatic heterocycles. The number of carbonyl (C=O) groups excluding carboxylic acids is 1. The quantitative estimate of drug-likeness (QED) is 0.827. The lowest BCUT2D eigenvalue weighted by Crippen LogP contribution is -2.27. The maximum Gasteiger partial charge on any atom is 0.225 e. The molecule has 0 saturated heterocycles. The van der Waals surface area contributed by atoms with Gasteiger partial charge in [0.15, 0.2) is 0 Å². The van der Waals surface area contributed by atoms with Gasteiger partial charge >= 0.3 is 0 Å². The number of anilines is 1. The van der Waals surface area contributed by atoms with Crippen LogP contribution in [0.1, 0.15) is 25.8 Å². The molecule has 0 unspecified atom stereocenters. The largest absolute Gasteiger partial charge is 0.326 e. The van der Waals surface area contributed by atoms with Crippen molar-refractivity contribution in [2.24, 2.45) is 0 Å². The SMILES string of the molecule is Cc1cc(NC(=O)CCNC(C)C)ccc1F. The first kappa shape index (κ1) is 13.6. The number of rotatable bonds is 5. The molecule has 1 aromatic carbocycles. The van der Waals surface area contributed by atoms with Crippen LogP contribution in [-0.2, 0) is 4.79 Å². The maximum atomic E-state index is 13.0. The minimum absolute atomic E-state index is 0.0656. The lowest BCUT2D eigenvalue weighted by Gasteiger charge is -2.09. The van der Waals surface area contributed by atoms with E-state index in [0.717, 1.165) is 0 Å². The highest BCUT2D eigenvalue weighted by molar-refractivity contribution is 5.90. The maximum absolute atomic E-state index is 13.0. The summed E-state index contributed by atoms with van der Waals surface area (Å²) < 4.78 is 13.0. The second-order valence-electron chi connectivity index (χ2n) is 4.37. The Labute approximate surface area is 101 Å². The summed E-state index contributed by atoms with van der Waals surface area (Å²) in [7, 11) is 0. The highest BCUT2D eigenvalue weighted by Gasteiger charge is 2.04. The van der Waals surface area contributed by atoms with Crippen molar-refractivity contribution in [3.8, 4) is 0 Å². The van der Waals surface area contributed by atoms with Crippen LogP contribution in [0.5, 0.6) is 0 Å². The smallest absolute Gasteiger partial charge is 0.225 e. The number of aryl methyl sites for hydroxylation is 1. The summed E-state index contributed by atoms with van der Waals surface area (Å²) in [6.45, 7) is 6.37. The van der Waals surface area contributed by atoms with Gasteiger partial charge < -0.3 is 10.6 Å². The standard InChI is InChI=1S/C13H19FN2O/c1-9(2)15-7-6-13(17)16-11-4-5-12(14)10(3)8-11/h4-5,8-9,15H,6-7H2,1-3H3,(H,16,17). The number of carbonyl (C=O) groups is 1. The number of halogens is 1. The highest BCUT2D eigenvalue weighted by Crippen LogP contribution is 2.13. The van der Waals surface area contributed by atoms with Crippen molar-refractivity contribution < 1.29 is 9.18 Å². The van der Waals surface area contributed by atoms with Gasteiger partial charge in [0.25, 0.3) is 0 Å². The molecule has 0 radical (unpaired) electrons. The van der Waals surface area contributed by atoms with Gasteiger partial charge in [0.2, 0.25) is 5.91 Å². The zero-order valence-electron chi connectivity index (χ0n) is 10.5. The summed E-state index contributed by atoms with van der Waals surface area (Å²) in [6.07, 6.45) is 0.411. The van der Waals surface area contributed by atoms with Crippen molar-refractivity contribution in [3.63, 3.8) is 0 Å². The normalized spacial score (nSPS) is 10.6. The summed E-state index contributed by atoms with van der Waals surface area (Å²) in [5, 5.41) is 5.90. The van der Waals surface area contributed by atoms with E-state index < -0.39 is 0 Å². The molecule has 0 saturated carbocycles. The second-order valence-corrected chi connectivity index (χ2v) is 4.37. The van der Waals surface area contributed by atoms with Gasteiger partial charge in [-0.05, 0) is 30.7 Å². The van der Waals surface area contributed by atoms with E-state index in [9.17, 15) is 9.18 Å². The minimum atomic E-state index is -0.260. The van der Waals surface area contributed by atoms with E-state index >= 15 is 0 Å². The van der Waals surface area contributed by atoms with Crippen LogP contribution in [0.25, 0.3) is 0 Å². The molecule has 0 heterocycles. The number of amides is 1. The fraction of sp³-hybridized carbons (Fsp3) is 0.462. The van der Waals surface area contributed by atoms with Gasteiger partial charge in [0.1, 0.15) is 5.82 Å². The topological polar surface area (TPSA) is 41.1 Å². The molecule has 1 rings (SSSR count). The second kappa shape index (κ2) is 6.35. The molecule has 2 N–H and O–H groups in total. The van der Waals surface area contributed by atoms with Crippen LogP contribution in [-0.4, -0.2) is 18.5 Å². The fourth-order valence-corrected chi connectivity index (χ4v) is 1.42. The Morgan fingerprint density at radius 3 is 2.71 bits per heavy atom. The summed E-state index contributed by atoms with van der Waals surface area (Å²) in [5.41, 5.74) is 1.17. The monoisotopic (exact) mass is 238 g/mol. The minimum Gasteiger partial charge on any atom is -0.326 e. The van der Waals surface area contributed by atoms with Crippen LogP contribution in [0.2, 0.25) is 0 Å². The predicted octanol–water partition coefficient (Wildman–Crippen LogP) is 2.46. The van der Waals surface area contributed by atoms with Gasteiger partial charge in [0.05, 0.1) is 0 Å². The van der Waals surface area contributed by atoms with Gasteiger partial charge in [0, 0.05) is 24.7 Å². The van der Waals surface area contributed by atoms with E-state index in [1.54, 1.807) is 19.1 Å². The van der Waals surface area contributed by atoms with Gasteiger partial charge in [-0.3, -0.25) is 4.79 Å². The summed E-state index contributed by atoms with van der Waals surface area (Å²) in [5.74, 6) is -0.325. The van der Waals surface area contributed by atoms with Crippen molar-refractivity contribution in [3.05, 3.63) is 29.6 Å². The highest BCUT2D eigenvalue weighted by atomic mass is 19.1. The Kier molecular flexibility index (Phi) is 5.10. The van der Waals surface area contributed by atoms with Crippen LogP contribution in [0, 0.1) is 12.7 Å². The van der Waals surface area contributed by atoms with Crippen LogP contribution in [0.3, 0.4) is 0 Å². The molecular weight excluding hydrogens is 219 g/mol. The third-order valence-electron chi connectivity index (χ3n) is 2.35. The third-order valence-corrected chi connectivity index (χ3v) is 2.35. The van der Waals surface area contributed by atoms with Crippen molar-refractivity contribution in [1.82, 2.24) is 5.32 Å². The van der Waals surface area contributed by atoms with Crippen LogP contribution >= 0.6 is 0 Å². The first-order valence-electron chi connectivity index (χ1n) is 5.78. The molecule has 1 amide bonds. The molecule has 0 bridgehead atoms. The molecule has 0 aliphatic rings. The first-order valence-corrected chi connectivity index (χ1v) is 5.78. The Morgan fingerprint density at radius 1 is 1.41 bits per heavy atom. The van der Waals surface area contributed by atoms with Crippen molar-refractivity contribution >= 4 is 11.6 Å². The van der Waals surface area contributed by atoms with E-state index in [4.69, 9.17) is 0 Å². The third kappa shape index (κ3) is 4.95.